The highest BCUT2D eigenvalue weighted by atomic mass is 16.7. The van der Waals surface area contributed by atoms with E-state index in [1.165, 1.54) is 5.57 Å². The van der Waals surface area contributed by atoms with Crippen LogP contribution in [0.25, 0.3) is 0 Å². The van der Waals surface area contributed by atoms with Gasteiger partial charge in [-0.05, 0) is 111 Å². The molecular formula is C47H76O17. The summed E-state index contributed by atoms with van der Waals surface area (Å²) in [5.41, 5.74) is -1.15. The fraction of sp³-hybridized carbons (Fsp3) is 0.936. The molecule has 23 atom stereocenters. The fourth-order valence-corrected chi connectivity index (χ4v) is 14.7. The van der Waals surface area contributed by atoms with Gasteiger partial charge in [-0.1, -0.05) is 53.2 Å². The van der Waals surface area contributed by atoms with E-state index in [9.17, 15) is 55.9 Å². The van der Waals surface area contributed by atoms with E-state index in [0.717, 1.165) is 44.9 Å². The molecule has 0 radical (unpaired) electrons. The molecule has 17 nitrogen and oxygen atoms in total. The van der Waals surface area contributed by atoms with Gasteiger partial charge in [-0.25, -0.2) is 0 Å². The first-order valence-electron chi connectivity index (χ1n) is 23.7. The van der Waals surface area contributed by atoms with Gasteiger partial charge in [0.05, 0.1) is 37.4 Å². The van der Waals surface area contributed by atoms with E-state index in [1.807, 2.05) is 0 Å². The van der Waals surface area contributed by atoms with Crippen LogP contribution >= 0.6 is 0 Å². The summed E-state index contributed by atoms with van der Waals surface area (Å²) in [6, 6.07) is 0. The lowest BCUT2D eigenvalue weighted by molar-refractivity contribution is -0.359. The van der Waals surface area contributed by atoms with Crippen molar-refractivity contribution in [3.8, 4) is 0 Å². The molecule has 0 amide bonds. The molecular weight excluding hydrogens is 837 g/mol. The van der Waals surface area contributed by atoms with Crippen LogP contribution in [0, 0.1) is 50.2 Å². The maximum Gasteiger partial charge on any atom is 0.315 e. The maximum absolute atomic E-state index is 14.7. The third-order valence-corrected chi connectivity index (χ3v) is 19.0. The highest BCUT2D eigenvalue weighted by Crippen LogP contribution is 2.76. The predicted octanol–water partition coefficient (Wildman–Crippen LogP) is 0.780. The molecule has 5 aliphatic carbocycles. The quantitative estimate of drug-likeness (QED) is 0.0916. The van der Waals surface area contributed by atoms with Crippen LogP contribution in [0.4, 0.5) is 0 Å². The predicted molar refractivity (Wildman–Crippen MR) is 224 cm³/mol. The minimum atomic E-state index is -1.69. The van der Waals surface area contributed by atoms with Crippen molar-refractivity contribution < 1.29 is 84.3 Å². The molecule has 0 aromatic heterocycles. The Morgan fingerprint density at radius 2 is 1.41 bits per heavy atom. The first-order valence-corrected chi connectivity index (χ1v) is 23.7. The molecule has 8 rings (SSSR count). The highest BCUT2D eigenvalue weighted by Gasteiger charge is 2.70. The molecule has 7 fully saturated rings. The Morgan fingerprint density at radius 1 is 0.719 bits per heavy atom. The van der Waals surface area contributed by atoms with Crippen LogP contribution in [0.1, 0.15) is 113 Å². The molecule has 3 saturated heterocycles. The molecule has 2 unspecified atom stereocenters. The molecule has 3 heterocycles. The lowest BCUT2D eigenvalue weighted by Crippen LogP contribution is -2.67. The van der Waals surface area contributed by atoms with Crippen molar-refractivity contribution in [3.63, 3.8) is 0 Å². The number of carbonyl (C=O) groups excluding carboxylic acids is 1. The number of hydrogen-bond acceptors (Lipinski definition) is 17. The van der Waals surface area contributed by atoms with Crippen LogP contribution in [0.15, 0.2) is 11.6 Å². The Balaban J connectivity index is 1.03. The summed E-state index contributed by atoms with van der Waals surface area (Å²) in [5, 5.41) is 106. The van der Waals surface area contributed by atoms with Gasteiger partial charge in [-0.2, -0.15) is 0 Å². The van der Waals surface area contributed by atoms with Crippen LogP contribution < -0.4 is 0 Å². The van der Waals surface area contributed by atoms with Crippen molar-refractivity contribution in [2.75, 3.05) is 19.8 Å². The van der Waals surface area contributed by atoms with Crippen molar-refractivity contribution in [2.24, 2.45) is 50.2 Å². The highest BCUT2D eigenvalue weighted by molar-refractivity contribution is 5.79. The summed E-state index contributed by atoms with van der Waals surface area (Å²) in [6.07, 6.45) is -10.9. The third-order valence-electron chi connectivity index (χ3n) is 19.0. The van der Waals surface area contributed by atoms with Crippen LogP contribution in [0.5, 0.6) is 0 Å². The molecule has 8 aliphatic rings. The molecule has 3 aliphatic heterocycles. The number of allylic oxidation sites excluding steroid dienone is 2. The zero-order valence-corrected chi connectivity index (χ0v) is 38.5. The van der Waals surface area contributed by atoms with E-state index in [0.29, 0.717) is 19.3 Å². The fourth-order valence-electron chi connectivity index (χ4n) is 14.7. The maximum atomic E-state index is 14.7. The largest absolute Gasteiger partial charge is 0.432 e. The van der Waals surface area contributed by atoms with E-state index < -0.39 is 116 Å². The van der Waals surface area contributed by atoms with Crippen LogP contribution in [-0.2, 0) is 33.2 Å². The van der Waals surface area contributed by atoms with Gasteiger partial charge in [-0.3, -0.25) is 4.79 Å². The number of aliphatic hydroxyl groups is 10. The second kappa shape index (κ2) is 17.2. The second-order valence-corrected chi connectivity index (χ2v) is 22.8. The van der Waals surface area contributed by atoms with Crippen molar-refractivity contribution >= 4 is 5.97 Å². The summed E-state index contributed by atoms with van der Waals surface area (Å²) >= 11 is 0. The van der Waals surface area contributed by atoms with E-state index in [4.69, 9.17) is 28.4 Å². The summed E-state index contributed by atoms with van der Waals surface area (Å²) in [7, 11) is 0. The number of carbonyl (C=O) groups is 1. The summed E-state index contributed by atoms with van der Waals surface area (Å²) < 4.78 is 35.7. The van der Waals surface area contributed by atoms with E-state index in [1.54, 1.807) is 6.92 Å². The first kappa shape index (κ1) is 49.0. The van der Waals surface area contributed by atoms with Gasteiger partial charge in [0, 0.05) is 5.41 Å². The Hall–Kier alpha value is -1.39. The Kier molecular flexibility index (Phi) is 13.2. The van der Waals surface area contributed by atoms with Crippen molar-refractivity contribution in [2.45, 2.75) is 205 Å². The number of ether oxygens (including phenoxy) is 6. The second-order valence-electron chi connectivity index (χ2n) is 22.8. The van der Waals surface area contributed by atoms with Crippen LogP contribution in [0.3, 0.4) is 0 Å². The summed E-state index contributed by atoms with van der Waals surface area (Å²) in [6.45, 7) is 14.2. The van der Waals surface area contributed by atoms with Gasteiger partial charge < -0.3 is 79.5 Å². The zero-order valence-electron chi connectivity index (χ0n) is 38.5. The molecule has 64 heavy (non-hydrogen) atoms. The molecule has 0 aromatic rings. The van der Waals surface area contributed by atoms with Gasteiger partial charge in [0.1, 0.15) is 61.0 Å². The van der Waals surface area contributed by atoms with Crippen LogP contribution in [-0.4, -0.2) is 169 Å². The van der Waals surface area contributed by atoms with Crippen LogP contribution in [0.2, 0.25) is 0 Å². The van der Waals surface area contributed by atoms with E-state index >= 15 is 0 Å². The molecule has 0 bridgehead atoms. The lowest BCUT2D eigenvalue weighted by atomic mass is 9.33. The first-order chi connectivity index (χ1) is 29.9. The molecule has 4 saturated carbocycles. The average molecular weight is 913 g/mol. The topological polar surface area (TPSA) is 275 Å². The normalized spacial score (nSPS) is 54.9. The zero-order chi connectivity index (χ0) is 46.7. The standard InChI is InChI=1S/C47H76O17/c1-22-30(51)37(63-38-34(55)31(52)25(50)20-59-38)36(57)40(60-22)62-29-11-12-43(4)27(44(29,5)21-49)10-13-46(7)28(43)9-8-23-24-18-42(2,3)14-16-47(24,17-15-45(23,46)6)41(58)64-39-35(56)33(54)32(53)26(19-48)61-39/h8,22,24-40,48-57H,9-21H2,1-7H3/t22-,24-,25+,26+,27?,28?,29+,30-,31-,32+,33-,34+,35+,36+,37+,38-,39-,40-,43-,44-,45+,46+,47-/m0/s1. The Morgan fingerprint density at radius 3 is 2.09 bits per heavy atom. The van der Waals surface area contributed by atoms with Crippen molar-refractivity contribution in [3.05, 3.63) is 11.6 Å². The minimum Gasteiger partial charge on any atom is -0.432 e. The molecule has 10 N–H and O–H groups in total. The van der Waals surface area contributed by atoms with Crippen molar-refractivity contribution in [1.82, 2.24) is 0 Å². The monoisotopic (exact) mass is 913 g/mol. The van der Waals surface area contributed by atoms with Gasteiger partial charge >= 0.3 is 5.97 Å². The van der Waals surface area contributed by atoms with Gasteiger partial charge in [0.25, 0.3) is 0 Å². The minimum absolute atomic E-state index is 0.0136. The lowest BCUT2D eigenvalue weighted by Gasteiger charge is -2.71. The molecule has 366 valence electrons. The number of aliphatic hydroxyl groups excluding tert-OH is 10. The smallest absolute Gasteiger partial charge is 0.315 e. The van der Waals surface area contributed by atoms with E-state index in [2.05, 4.69) is 47.6 Å². The Labute approximate surface area is 376 Å². The molecule has 0 aromatic carbocycles. The third kappa shape index (κ3) is 7.49. The summed E-state index contributed by atoms with van der Waals surface area (Å²) in [5.74, 6) is -0.417. The number of esters is 1. The molecule has 0 spiro atoms. The Bertz CT molecular complexity index is 1750. The number of hydrogen-bond donors (Lipinski definition) is 10. The molecule has 17 heteroatoms. The van der Waals surface area contributed by atoms with Crippen molar-refractivity contribution in [1.29, 1.82) is 0 Å². The number of rotatable bonds is 8. The number of fused-ring (bicyclic) bond motifs is 7. The average Bonchev–Trinajstić information content (AvgIpc) is 3.25. The summed E-state index contributed by atoms with van der Waals surface area (Å²) in [4.78, 5) is 14.7. The van der Waals surface area contributed by atoms with Gasteiger partial charge in [-0.15, -0.1) is 0 Å². The van der Waals surface area contributed by atoms with Gasteiger partial charge in [0.2, 0.25) is 6.29 Å². The SMILES string of the molecule is C[C@@H]1O[C@@H](O[C@@H]2CC[C@@]3(C)C(CC[C@]4(C)C3CC=C3[C@@H]5CC(C)(C)CC[C@]5(C(=O)O[C@@H]5O[C@H](CO)[C@@H](O)[C@H](O)[C@H]5O)CC[C@]34C)[C@]2(C)CO)[C@H](O)[C@H](O[C@@H]2OC[C@@H](O)[C@H](O)[C@H]2O)[C@H]1O. The van der Waals surface area contributed by atoms with Gasteiger partial charge in [0.15, 0.2) is 12.6 Å². The van der Waals surface area contributed by atoms with E-state index in [-0.39, 0.29) is 52.6 Å².